The molecule has 5 nitrogen and oxygen atoms in total. The first-order valence-electron chi connectivity index (χ1n) is 6.86. The summed E-state index contributed by atoms with van der Waals surface area (Å²) in [6.07, 6.45) is 0. The van der Waals surface area contributed by atoms with E-state index in [4.69, 9.17) is 0 Å². The Morgan fingerprint density at radius 3 is 2.48 bits per heavy atom. The molecule has 6 heteroatoms. The second kappa shape index (κ2) is 5.57. The Morgan fingerprint density at radius 1 is 1.13 bits per heavy atom. The van der Waals surface area contributed by atoms with Crippen LogP contribution in [0.25, 0.3) is 10.9 Å². The van der Waals surface area contributed by atoms with E-state index in [1.165, 1.54) is 35.9 Å². The van der Waals surface area contributed by atoms with Gasteiger partial charge >= 0.3 is 0 Å². The summed E-state index contributed by atoms with van der Waals surface area (Å²) in [7, 11) is 1.53. The predicted octanol–water partition coefficient (Wildman–Crippen LogP) is 2.64. The zero-order valence-electron chi connectivity index (χ0n) is 12.2. The maximum Gasteiger partial charge on any atom is 0.267 e. The maximum absolute atomic E-state index is 12.9. The summed E-state index contributed by atoms with van der Waals surface area (Å²) in [4.78, 5) is 24.7. The standard InChI is InChI=1S/C17H13FN2O3/c1-20-13-5-3-2-4-12(13)15(21)14(17(20)23)16(22)19-11-8-6-10(18)7-9-11/h2-9,21H,1H3,(H,19,22). The van der Waals surface area contributed by atoms with Gasteiger partial charge in [0.1, 0.15) is 17.1 Å². The molecule has 0 aliphatic rings. The molecule has 0 saturated carbocycles. The summed E-state index contributed by atoms with van der Waals surface area (Å²) in [6, 6.07) is 11.9. The number of benzene rings is 2. The van der Waals surface area contributed by atoms with Crippen LogP contribution in [0.5, 0.6) is 5.75 Å². The molecule has 0 aliphatic carbocycles. The van der Waals surface area contributed by atoms with Gasteiger partial charge in [-0.05, 0) is 36.4 Å². The lowest BCUT2D eigenvalue weighted by molar-refractivity contribution is 0.102. The number of pyridine rings is 1. The van der Waals surface area contributed by atoms with Crippen LogP contribution in [0.3, 0.4) is 0 Å². The normalized spacial score (nSPS) is 10.7. The summed E-state index contributed by atoms with van der Waals surface area (Å²) in [5, 5.41) is 13.2. The summed E-state index contributed by atoms with van der Waals surface area (Å²) in [5.41, 5.74) is -0.115. The number of aromatic hydroxyl groups is 1. The van der Waals surface area contributed by atoms with Crippen LogP contribution >= 0.6 is 0 Å². The molecule has 0 saturated heterocycles. The third-order valence-electron chi connectivity index (χ3n) is 3.60. The van der Waals surface area contributed by atoms with Crippen molar-refractivity contribution in [1.29, 1.82) is 0 Å². The molecule has 2 N–H and O–H groups in total. The van der Waals surface area contributed by atoms with E-state index in [1.807, 2.05) is 0 Å². The summed E-state index contributed by atoms with van der Waals surface area (Å²) in [6.45, 7) is 0. The first-order chi connectivity index (χ1) is 11.0. The van der Waals surface area contributed by atoms with Gasteiger partial charge in [0.15, 0.2) is 0 Å². The number of rotatable bonds is 2. The van der Waals surface area contributed by atoms with Crippen molar-refractivity contribution in [3.8, 4) is 5.75 Å². The highest BCUT2D eigenvalue weighted by atomic mass is 19.1. The topological polar surface area (TPSA) is 71.3 Å². The van der Waals surface area contributed by atoms with Gasteiger partial charge in [0, 0.05) is 18.1 Å². The second-order valence-electron chi connectivity index (χ2n) is 5.07. The van der Waals surface area contributed by atoms with Crippen LogP contribution in [0.15, 0.2) is 53.3 Å². The fourth-order valence-electron chi connectivity index (χ4n) is 2.41. The first-order valence-corrected chi connectivity index (χ1v) is 6.86. The van der Waals surface area contributed by atoms with Crippen molar-refractivity contribution >= 4 is 22.5 Å². The highest BCUT2D eigenvalue weighted by molar-refractivity contribution is 6.09. The van der Waals surface area contributed by atoms with Gasteiger partial charge in [0.05, 0.1) is 5.52 Å². The molecular formula is C17H13FN2O3. The molecule has 1 aromatic heterocycles. The van der Waals surface area contributed by atoms with Crippen LogP contribution < -0.4 is 10.9 Å². The molecule has 0 atom stereocenters. The number of aryl methyl sites for hydroxylation is 1. The highest BCUT2D eigenvalue weighted by Crippen LogP contribution is 2.26. The number of halogens is 1. The lowest BCUT2D eigenvalue weighted by Gasteiger charge is -2.11. The van der Waals surface area contributed by atoms with Crippen LogP contribution in [0.4, 0.5) is 10.1 Å². The van der Waals surface area contributed by atoms with E-state index in [-0.39, 0.29) is 11.3 Å². The van der Waals surface area contributed by atoms with Gasteiger partial charge in [0.2, 0.25) is 0 Å². The minimum absolute atomic E-state index is 0.325. The highest BCUT2D eigenvalue weighted by Gasteiger charge is 2.21. The van der Waals surface area contributed by atoms with Crippen molar-refractivity contribution in [3.05, 3.63) is 70.3 Å². The number of anilines is 1. The molecule has 0 bridgehead atoms. The zero-order chi connectivity index (χ0) is 16.6. The molecule has 2 aromatic carbocycles. The molecule has 3 rings (SSSR count). The van der Waals surface area contributed by atoms with Crippen LogP contribution in [0, 0.1) is 5.82 Å². The Balaban J connectivity index is 2.10. The van der Waals surface area contributed by atoms with Crippen molar-refractivity contribution in [3.63, 3.8) is 0 Å². The van der Waals surface area contributed by atoms with E-state index in [0.717, 1.165) is 0 Å². The van der Waals surface area contributed by atoms with Crippen LogP contribution in [-0.2, 0) is 7.05 Å². The monoisotopic (exact) mass is 312 g/mol. The Morgan fingerprint density at radius 2 is 1.78 bits per heavy atom. The second-order valence-corrected chi connectivity index (χ2v) is 5.07. The first kappa shape index (κ1) is 14.8. The Bertz CT molecular complexity index is 962. The summed E-state index contributed by atoms with van der Waals surface area (Å²) >= 11 is 0. The molecule has 0 aliphatic heterocycles. The summed E-state index contributed by atoms with van der Waals surface area (Å²) in [5.74, 6) is -1.56. The van der Waals surface area contributed by atoms with Crippen LogP contribution in [0.1, 0.15) is 10.4 Å². The van der Waals surface area contributed by atoms with E-state index < -0.39 is 17.3 Å². The minimum Gasteiger partial charge on any atom is -0.506 e. The number of para-hydroxylation sites is 1. The Hall–Kier alpha value is -3.15. The van der Waals surface area contributed by atoms with E-state index in [9.17, 15) is 19.1 Å². The number of carbonyl (C=O) groups excluding carboxylic acids is 1. The van der Waals surface area contributed by atoms with Gasteiger partial charge in [-0.3, -0.25) is 9.59 Å². The smallest absolute Gasteiger partial charge is 0.267 e. The molecule has 0 unspecified atom stereocenters. The van der Waals surface area contributed by atoms with E-state index >= 15 is 0 Å². The molecule has 116 valence electrons. The van der Waals surface area contributed by atoms with E-state index in [2.05, 4.69) is 5.32 Å². The predicted molar refractivity (Wildman–Crippen MR) is 85.2 cm³/mol. The number of aromatic nitrogens is 1. The number of carbonyl (C=O) groups is 1. The number of hydrogen-bond acceptors (Lipinski definition) is 3. The van der Waals surface area contributed by atoms with Gasteiger partial charge in [0.25, 0.3) is 11.5 Å². The fraction of sp³-hybridized carbons (Fsp3) is 0.0588. The van der Waals surface area contributed by atoms with Crippen molar-refractivity contribution in [2.75, 3.05) is 5.32 Å². The van der Waals surface area contributed by atoms with Crippen molar-refractivity contribution in [2.45, 2.75) is 0 Å². The third-order valence-corrected chi connectivity index (χ3v) is 3.60. The Labute approximate surface area is 130 Å². The minimum atomic E-state index is -0.750. The van der Waals surface area contributed by atoms with Gasteiger partial charge in [-0.1, -0.05) is 12.1 Å². The number of amides is 1. The third kappa shape index (κ3) is 2.55. The average molecular weight is 312 g/mol. The lowest BCUT2D eigenvalue weighted by atomic mass is 10.1. The molecule has 1 amide bonds. The van der Waals surface area contributed by atoms with Gasteiger partial charge in [-0.25, -0.2) is 4.39 Å². The van der Waals surface area contributed by atoms with Crippen molar-refractivity contribution in [2.24, 2.45) is 7.05 Å². The molecule has 3 aromatic rings. The zero-order valence-corrected chi connectivity index (χ0v) is 12.2. The number of nitrogens with one attached hydrogen (secondary N) is 1. The number of nitrogens with zero attached hydrogens (tertiary/aromatic N) is 1. The number of fused-ring (bicyclic) bond motifs is 1. The molecule has 0 radical (unpaired) electrons. The lowest BCUT2D eigenvalue weighted by Crippen LogP contribution is -2.28. The van der Waals surface area contributed by atoms with E-state index in [0.29, 0.717) is 16.6 Å². The molecule has 23 heavy (non-hydrogen) atoms. The molecule has 1 heterocycles. The molecular weight excluding hydrogens is 299 g/mol. The largest absolute Gasteiger partial charge is 0.506 e. The van der Waals surface area contributed by atoms with Crippen molar-refractivity contribution < 1.29 is 14.3 Å². The quantitative estimate of drug-likeness (QED) is 0.764. The fourth-order valence-corrected chi connectivity index (χ4v) is 2.41. The number of hydrogen-bond donors (Lipinski definition) is 2. The van der Waals surface area contributed by atoms with Crippen molar-refractivity contribution in [1.82, 2.24) is 4.57 Å². The van der Waals surface area contributed by atoms with Gasteiger partial charge in [-0.15, -0.1) is 0 Å². The van der Waals surface area contributed by atoms with Gasteiger partial charge < -0.3 is 15.0 Å². The molecule has 0 spiro atoms. The maximum atomic E-state index is 12.9. The SMILES string of the molecule is Cn1c(=O)c(C(=O)Nc2ccc(F)cc2)c(O)c2ccccc21. The van der Waals surface area contributed by atoms with Gasteiger partial charge in [-0.2, -0.15) is 0 Å². The average Bonchev–Trinajstić information content (AvgIpc) is 2.55. The molecule has 0 fully saturated rings. The summed E-state index contributed by atoms with van der Waals surface area (Å²) < 4.78 is 14.2. The Kier molecular flexibility index (Phi) is 3.57. The van der Waals surface area contributed by atoms with Crippen LogP contribution in [-0.4, -0.2) is 15.6 Å². The van der Waals surface area contributed by atoms with Crippen LogP contribution in [0.2, 0.25) is 0 Å². The van der Waals surface area contributed by atoms with E-state index in [1.54, 1.807) is 24.3 Å².